The fourth-order valence-corrected chi connectivity index (χ4v) is 2.51. The van der Waals surface area contributed by atoms with Gasteiger partial charge in [0.25, 0.3) is 0 Å². The maximum absolute atomic E-state index is 3.50. The van der Waals surface area contributed by atoms with Gasteiger partial charge in [0, 0.05) is 24.8 Å². The lowest BCUT2D eigenvalue weighted by Crippen LogP contribution is -2.40. The van der Waals surface area contributed by atoms with Crippen molar-refractivity contribution in [3.8, 4) is 0 Å². The first-order valence-electron chi connectivity index (χ1n) is 6.80. The summed E-state index contributed by atoms with van der Waals surface area (Å²) in [7, 11) is 0. The molecule has 1 atom stereocenters. The number of benzene rings is 1. The summed E-state index contributed by atoms with van der Waals surface area (Å²) in [6.45, 7) is 7.96. The van der Waals surface area contributed by atoms with Crippen molar-refractivity contribution in [2.45, 2.75) is 39.2 Å². The Morgan fingerprint density at radius 3 is 2.71 bits per heavy atom. The minimum absolute atomic E-state index is 0.767. The van der Waals surface area contributed by atoms with Crippen LogP contribution in [0.3, 0.4) is 0 Å². The molecule has 0 radical (unpaired) electrons. The Hall–Kier alpha value is -1.02. The lowest BCUT2D eigenvalue weighted by molar-refractivity contribution is 0.167. The Morgan fingerprint density at radius 2 is 2.00 bits per heavy atom. The van der Waals surface area contributed by atoms with E-state index in [2.05, 4.69) is 48.3 Å². The van der Waals surface area contributed by atoms with Crippen LogP contribution < -0.4 is 5.32 Å². The smallest absolute Gasteiger partial charge is 0.0340 e. The average Bonchev–Trinajstić information content (AvgIpc) is 2.34. The molecule has 0 spiro atoms. The summed E-state index contributed by atoms with van der Waals surface area (Å²) in [6.07, 6.45) is 4.14. The molecule has 1 unspecified atom stereocenters. The van der Waals surface area contributed by atoms with Crippen LogP contribution in [0.5, 0.6) is 0 Å². The van der Waals surface area contributed by atoms with Crippen LogP contribution in [0.2, 0.25) is 0 Å². The molecule has 2 rings (SSSR count). The van der Waals surface area contributed by atoms with Crippen LogP contribution in [0.25, 0.3) is 0 Å². The molecule has 0 amide bonds. The molecule has 0 aliphatic carbocycles. The molecule has 2 heteroatoms. The standard InChI is InChI=1S/C15H24N2/c1-13-6-8-15(9-7-13)16-10-12-17-11-4-3-5-14(17)2/h6-9,14,16H,3-5,10-12H2,1-2H3. The fraction of sp³-hybridized carbons (Fsp3) is 0.600. The molecule has 1 aliphatic heterocycles. The molecular formula is C15H24N2. The second-order valence-electron chi connectivity index (χ2n) is 5.17. The van der Waals surface area contributed by atoms with Crippen LogP contribution in [-0.2, 0) is 0 Å². The van der Waals surface area contributed by atoms with Crippen LogP contribution in [0.1, 0.15) is 31.7 Å². The third-order valence-electron chi connectivity index (χ3n) is 3.72. The zero-order valence-electron chi connectivity index (χ0n) is 11.1. The van der Waals surface area contributed by atoms with Gasteiger partial charge in [0.15, 0.2) is 0 Å². The highest BCUT2D eigenvalue weighted by atomic mass is 15.2. The minimum Gasteiger partial charge on any atom is -0.384 e. The number of hydrogen-bond acceptors (Lipinski definition) is 2. The van der Waals surface area contributed by atoms with Crippen molar-refractivity contribution in [2.24, 2.45) is 0 Å². The Kier molecular flexibility index (Phi) is 4.43. The number of likely N-dealkylation sites (tertiary alicyclic amines) is 1. The van der Waals surface area contributed by atoms with E-state index in [0.717, 1.165) is 19.1 Å². The van der Waals surface area contributed by atoms with Crippen LogP contribution in [-0.4, -0.2) is 30.6 Å². The largest absolute Gasteiger partial charge is 0.384 e. The van der Waals surface area contributed by atoms with Crippen molar-refractivity contribution >= 4 is 5.69 Å². The SMILES string of the molecule is Cc1ccc(NCCN2CCCCC2C)cc1. The lowest BCUT2D eigenvalue weighted by Gasteiger charge is -2.33. The van der Waals surface area contributed by atoms with Gasteiger partial charge in [-0.1, -0.05) is 24.1 Å². The topological polar surface area (TPSA) is 15.3 Å². The molecule has 1 aromatic rings. The van der Waals surface area contributed by atoms with E-state index in [1.807, 2.05) is 0 Å². The van der Waals surface area contributed by atoms with E-state index in [0.29, 0.717) is 0 Å². The van der Waals surface area contributed by atoms with Gasteiger partial charge in [-0.2, -0.15) is 0 Å². The first-order chi connectivity index (χ1) is 8.25. The molecule has 1 fully saturated rings. The number of anilines is 1. The zero-order valence-corrected chi connectivity index (χ0v) is 11.1. The van der Waals surface area contributed by atoms with Crippen molar-refractivity contribution in [1.29, 1.82) is 0 Å². The Balaban J connectivity index is 1.73. The highest BCUT2D eigenvalue weighted by Crippen LogP contribution is 2.15. The van der Waals surface area contributed by atoms with E-state index >= 15 is 0 Å². The van der Waals surface area contributed by atoms with E-state index in [4.69, 9.17) is 0 Å². The number of nitrogens with zero attached hydrogens (tertiary/aromatic N) is 1. The first-order valence-corrected chi connectivity index (χ1v) is 6.80. The highest BCUT2D eigenvalue weighted by Gasteiger charge is 2.16. The third-order valence-corrected chi connectivity index (χ3v) is 3.72. The molecule has 0 aromatic heterocycles. The van der Waals surface area contributed by atoms with Crippen LogP contribution in [0.15, 0.2) is 24.3 Å². The van der Waals surface area contributed by atoms with Gasteiger partial charge in [0.1, 0.15) is 0 Å². The predicted octanol–water partition coefficient (Wildman–Crippen LogP) is 3.28. The van der Waals surface area contributed by atoms with Gasteiger partial charge in [0.2, 0.25) is 0 Å². The Bertz CT molecular complexity index is 331. The average molecular weight is 232 g/mol. The van der Waals surface area contributed by atoms with Crippen LogP contribution >= 0.6 is 0 Å². The highest BCUT2D eigenvalue weighted by molar-refractivity contribution is 5.44. The molecule has 1 aliphatic rings. The Morgan fingerprint density at radius 1 is 1.24 bits per heavy atom. The summed E-state index contributed by atoms with van der Waals surface area (Å²) in [5.74, 6) is 0. The van der Waals surface area contributed by atoms with Crippen molar-refractivity contribution in [2.75, 3.05) is 25.0 Å². The molecule has 94 valence electrons. The van der Waals surface area contributed by atoms with Gasteiger partial charge < -0.3 is 5.32 Å². The summed E-state index contributed by atoms with van der Waals surface area (Å²) in [4.78, 5) is 2.60. The maximum Gasteiger partial charge on any atom is 0.0340 e. The number of aryl methyl sites for hydroxylation is 1. The van der Waals surface area contributed by atoms with Crippen molar-refractivity contribution in [1.82, 2.24) is 4.90 Å². The molecule has 1 N–H and O–H groups in total. The number of hydrogen-bond donors (Lipinski definition) is 1. The molecule has 0 bridgehead atoms. The van der Waals surface area contributed by atoms with E-state index in [9.17, 15) is 0 Å². The second kappa shape index (κ2) is 6.06. The quantitative estimate of drug-likeness (QED) is 0.857. The summed E-state index contributed by atoms with van der Waals surface area (Å²) in [6, 6.07) is 9.41. The second-order valence-corrected chi connectivity index (χ2v) is 5.17. The number of rotatable bonds is 4. The Labute approximate surface area is 105 Å². The summed E-state index contributed by atoms with van der Waals surface area (Å²) in [5.41, 5.74) is 2.56. The zero-order chi connectivity index (χ0) is 12.1. The molecular weight excluding hydrogens is 208 g/mol. The summed E-state index contributed by atoms with van der Waals surface area (Å²) >= 11 is 0. The normalized spacial score (nSPS) is 21.4. The van der Waals surface area contributed by atoms with Gasteiger partial charge in [-0.3, -0.25) is 4.90 Å². The third kappa shape index (κ3) is 3.74. The van der Waals surface area contributed by atoms with E-state index in [1.54, 1.807) is 0 Å². The van der Waals surface area contributed by atoms with E-state index in [1.165, 1.54) is 37.1 Å². The maximum atomic E-state index is 3.50. The van der Waals surface area contributed by atoms with Crippen molar-refractivity contribution in [3.63, 3.8) is 0 Å². The molecule has 1 heterocycles. The molecule has 17 heavy (non-hydrogen) atoms. The van der Waals surface area contributed by atoms with Gasteiger partial charge in [-0.25, -0.2) is 0 Å². The van der Waals surface area contributed by atoms with E-state index in [-0.39, 0.29) is 0 Å². The molecule has 1 aromatic carbocycles. The number of nitrogens with one attached hydrogen (secondary N) is 1. The fourth-order valence-electron chi connectivity index (χ4n) is 2.51. The van der Waals surface area contributed by atoms with Crippen molar-refractivity contribution < 1.29 is 0 Å². The van der Waals surface area contributed by atoms with Gasteiger partial charge in [0.05, 0.1) is 0 Å². The summed E-state index contributed by atoms with van der Waals surface area (Å²) in [5, 5.41) is 3.50. The van der Waals surface area contributed by atoms with E-state index < -0.39 is 0 Å². The van der Waals surface area contributed by atoms with Crippen LogP contribution in [0.4, 0.5) is 5.69 Å². The molecule has 0 saturated carbocycles. The van der Waals surface area contributed by atoms with Gasteiger partial charge in [-0.15, -0.1) is 0 Å². The van der Waals surface area contributed by atoms with Gasteiger partial charge >= 0.3 is 0 Å². The number of piperidine rings is 1. The summed E-state index contributed by atoms with van der Waals surface area (Å²) < 4.78 is 0. The van der Waals surface area contributed by atoms with Crippen molar-refractivity contribution in [3.05, 3.63) is 29.8 Å². The van der Waals surface area contributed by atoms with Crippen LogP contribution in [0, 0.1) is 6.92 Å². The molecule has 1 saturated heterocycles. The van der Waals surface area contributed by atoms with Gasteiger partial charge in [-0.05, 0) is 45.4 Å². The lowest BCUT2D eigenvalue weighted by atomic mass is 10.0. The monoisotopic (exact) mass is 232 g/mol. The molecule has 2 nitrogen and oxygen atoms in total. The minimum atomic E-state index is 0.767. The predicted molar refractivity (Wildman–Crippen MR) is 74.6 cm³/mol. The first kappa shape index (κ1) is 12.4.